The standard InChI is InChI=1S/C32H31BrN4O5S2/c1-9-42-31(39)27-17(4)35-32-37(28(27)21-12-24(40-7)25(41-8)13-23(21)33)29(38)26(44-32)11-20-10-15(2)36(18(20)5)30-22(14-34)16(3)19(6)43-30/h10-13,28H,9H2,1-8H3/b26-11+/t28-/m1/s1. The van der Waals surface area contributed by atoms with E-state index in [1.54, 1.807) is 49.0 Å². The summed E-state index contributed by atoms with van der Waals surface area (Å²) in [5.74, 6) is 0.405. The molecule has 0 radical (unpaired) electrons. The van der Waals surface area contributed by atoms with Crippen LogP contribution in [0.25, 0.3) is 11.1 Å². The van der Waals surface area contributed by atoms with Crippen molar-refractivity contribution in [3.05, 3.63) is 92.1 Å². The quantitative estimate of drug-likeness (QED) is 0.235. The van der Waals surface area contributed by atoms with Gasteiger partial charge in [-0.2, -0.15) is 5.26 Å². The Kier molecular flexibility index (Phi) is 8.75. The van der Waals surface area contributed by atoms with Crippen LogP contribution >= 0.6 is 38.6 Å². The van der Waals surface area contributed by atoms with Crippen LogP contribution in [0.4, 0.5) is 0 Å². The van der Waals surface area contributed by atoms with Crippen molar-refractivity contribution in [2.75, 3.05) is 20.8 Å². The minimum absolute atomic E-state index is 0.173. The molecule has 228 valence electrons. The van der Waals surface area contributed by atoms with E-state index >= 15 is 0 Å². The van der Waals surface area contributed by atoms with E-state index < -0.39 is 12.0 Å². The molecule has 5 rings (SSSR count). The lowest BCUT2D eigenvalue weighted by atomic mass is 9.95. The minimum atomic E-state index is -0.829. The van der Waals surface area contributed by atoms with Gasteiger partial charge in [-0.1, -0.05) is 27.3 Å². The number of allylic oxidation sites excluding steroid dienone is 1. The normalized spacial score (nSPS) is 14.7. The summed E-state index contributed by atoms with van der Waals surface area (Å²) in [6, 6.07) is 7.05. The summed E-state index contributed by atoms with van der Waals surface area (Å²) >= 11 is 6.47. The second kappa shape index (κ2) is 12.2. The van der Waals surface area contributed by atoms with E-state index in [-0.39, 0.29) is 17.7 Å². The fourth-order valence-corrected chi connectivity index (χ4v) is 8.25. The van der Waals surface area contributed by atoms with E-state index in [1.807, 2.05) is 39.8 Å². The highest BCUT2D eigenvalue weighted by atomic mass is 79.9. The van der Waals surface area contributed by atoms with Crippen LogP contribution in [-0.2, 0) is 9.53 Å². The molecule has 12 heteroatoms. The van der Waals surface area contributed by atoms with Crippen molar-refractivity contribution in [1.82, 2.24) is 9.13 Å². The Bertz CT molecular complexity index is 2090. The molecule has 9 nitrogen and oxygen atoms in total. The predicted octanol–water partition coefficient (Wildman–Crippen LogP) is 5.54. The molecule has 0 spiro atoms. The van der Waals surface area contributed by atoms with Crippen molar-refractivity contribution >= 4 is 50.6 Å². The van der Waals surface area contributed by atoms with Crippen LogP contribution in [0.1, 0.15) is 58.4 Å². The topological polar surface area (TPSA) is 108 Å². The van der Waals surface area contributed by atoms with E-state index in [0.29, 0.717) is 42.1 Å². The largest absolute Gasteiger partial charge is 0.493 e. The monoisotopic (exact) mass is 694 g/mol. The smallest absolute Gasteiger partial charge is 0.338 e. The van der Waals surface area contributed by atoms with E-state index in [9.17, 15) is 14.9 Å². The molecular formula is C32H31BrN4O5S2. The summed E-state index contributed by atoms with van der Waals surface area (Å²) in [6.45, 7) is 11.6. The zero-order chi connectivity index (χ0) is 32.0. The van der Waals surface area contributed by atoms with Gasteiger partial charge in [0.15, 0.2) is 16.3 Å². The second-order valence-electron chi connectivity index (χ2n) is 10.3. The molecule has 0 saturated heterocycles. The summed E-state index contributed by atoms with van der Waals surface area (Å²) in [7, 11) is 3.07. The number of fused-ring (bicyclic) bond motifs is 1. The molecule has 1 aromatic carbocycles. The van der Waals surface area contributed by atoms with Crippen molar-refractivity contribution in [3.8, 4) is 22.6 Å². The zero-order valence-electron chi connectivity index (χ0n) is 25.6. The van der Waals surface area contributed by atoms with Crippen molar-refractivity contribution in [1.29, 1.82) is 5.26 Å². The summed E-state index contributed by atoms with van der Waals surface area (Å²) in [5.41, 5.74) is 5.41. The molecule has 0 fully saturated rings. The molecule has 1 aliphatic rings. The molecule has 4 aromatic rings. The summed E-state index contributed by atoms with van der Waals surface area (Å²) in [4.78, 5) is 33.8. The number of esters is 1. The molecule has 1 atom stereocenters. The lowest BCUT2D eigenvalue weighted by Crippen LogP contribution is -2.40. The van der Waals surface area contributed by atoms with Crippen molar-refractivity contribution in [3.63, 3.8) is 0 Å². The first kappa shape index (κ1) is 31.5. The average Bonchev–Trinajstić information content (AvgIpc) is 3.55. The molecule has 3 aromatic heterocycles. The number of benzene rings is 1. The van der Waals surface area contributed by atoms with Crippen molar-refractivity contribution in [2.24, 2.45) is 4.99 Å². The third kappa shape index (κ3) is 5.12. The number of thiophene rings is 1. The lowest BCUT2D eigenvalue weighted by molar-refractivity contribution is -0.139. The number of hydrogen-bond acceptors (Lipinski definition) is 9. The highest BCUT2D eigenvalue weighted by molar-refractivity contribution is 9.10. The van der Waals surface area contributed by atoms with Crippen LogP contribution in [0.5, 0.6) is 11.5 Å². The van der Waals surface area contributed by atoms with Gasteiger partial charge in [0.1, 0.15) is 11.1 Å². The van der Waals surface area contributed by atoms with Crippen LogP contribution in [0.15, 0.2) is 43.7 Å². The van der Waals surface area contributed by atoms with Gasteiger partial charge in [0.05, 0.1) is 48.2 Å². The van der Waals surface area contributed by atoms with Gasteiger partial charge < -0.3 is 18.8 Å². The Morgan fingerprint density at radius 2 is 1.80 bits per heavy atom. The highest BCUT2D eigenvalue weighted by Crippen LogP contribution is 2.41. The van der Waals surface area contributed by atoms with Crippen LogP contribution in [0.3, 0.4) is 0 Å². The number of aromatic nitrogens is 2. The number of hydrogen-bond donors (Lipinski definition) is 0. The Balaban J connectivity index is 1.75. The fraction of sp³-hybridized carbons (Fsp3) is 0.312. The van der Waals surface area contributed by atoms with E-state index in [0.717, 1.165) is 32.4 Å². The van der Waals surface area contributed by atoms with Gasteiger partial charge in [-0.3, -0.25) is 9.36 Å². The Hall–Kier alpha value is -3.92. The first-order chi connectivity index (χ1) is 21.0. The summed E-state index contributed by atoms with van der Waals surface area (Å²) in [6.07, 6.45) is 1.85. The Morgan fingerprint density at radius 3 is 2.43 bits per heavy atom. The number of halogens is 1. The van der Waals surface area contributed by atoms with Crippen LogP contribution in [0.2, 0.25) is 0 Å². The maximum Gasteiger partial charge on any atom is 0.338 e. The summed E-state index contributed by atoms with van der Waals surface area (Å²) < 4.78 is 21.2. The molecule has 1 aliphatic heterocycles. The van der Waals surface area contributed by atoms with Crippen molar-refractivity contribution < 1.29 is 19.0 Å². The molecule has 44 heavy (non-hydrogen) atoms. The maximum atomic E-state index is 14.2. The van der Waals surface area contributed by atoms with Crippen molar-refractivity contribution in [2.45, 2.75) is 47.6 Å². The van der Waals surface area contributed by atoms with Crippen LogP contribution in [-0.4, -0.2) is 35.9 Å². The van der Waals surface area contributed by atoms with Gasteiger partial charge in [0.25, 0.3) is 5.56 Å². The third-order valence-corrected chi connectivity index (χ3v) is 10.6. The molecule has 4 heterocycles. The van der Waals surface area contributed by atoms with Gasteiger partial charge in [0, 0.05) is 20.7 Å². The van der Waals surface area contributed by atoms with Gasteiger partial charge in [-0.25, -0.2) is 9.79 Å². The predicted molar refractivity (Wildman–Crippen MR) is 175 cm³/mol. The number of rotatable bonds is 7. The van der Waals surface area contributed by atoms with E-state index in [4.69, 9.17) is 19.2 Å². The minimum Gasteiger partial charge on any atom is -0.493 e. The van der Waals surface area contributed by atoms with Gasteiger partial charge in [0.2, 0.25) is 0 Å². The zero-order valence-corrected chi connectivity index (χ0v) is 28.8. The number of carbonyl (C=O) groups is 1. The number of ether oxygens (including phenoxy) is 3. The van der Waals surface area contributed by atoms with Gasteiger partial charge in [-0.15, -0.1) is 11.3 Å². The molecular weight excluding hydrogens is 664 g/mol. The van der Waals surface area contributed by atoms with E-state index in [1.165, 1.54) is 18.4 Å². The highest BCUT2D eigenvalue weighted by Gasteiger charge is 2.35. The van der Waals surface area contributed by atoms with Gasteiger partial charge >= 0.3 is 5.97 Å². The number of nitriles is 1. The summed E-state index contributed by atoms with van der Waals surface area (Å²) in [5, 5.41) is 10.7. The number of thiazole rings is 1. The fourth-order valence-electron chi connectivity index (χ4n) is 5.45. The molecule has 0 amide bonds. The molecule has 0 N–H and O–H groups in total. The number of methoxy groups -OCH3 is 2. The molecule has 0 aliphatic carbocycles. The van der Waals surface area contributed by atoms with Gasteiger partial charge in [-0.05, 0) is 82.5 Å². The van der Waals surface area contributed by atoms with Crippen LogP contribution in [0, 0.1) is 39.0 Å². The number of nitrogens with zero attached hydrogens (tertiary/aromatic N) is 4. The second-order valence-corrected chi connectivity index (χ2v) is 13.3. The average molecular weight is 696 g/mol. The van der Waals surface area contributed by atoms with E-state index in [2.05, 4.69) is 26.6 Å². The molecule has 0 unspecified atom stereocenters. The Labute approximate surface area is 271 Å². The van der Waals surface area contributed by atoms with Crippen LogP contribution < -0.4 is 24.4 Å². The first-order valence-corrected chi connectivity index (χ1v) is 16.2. The number of aryl methyl sites for hydroxylation is 2. The first-order valence-electron chi connectivity index (χ1n) is 13.8. The maximum absolute atomic E-state index is 14.2. The SMILES string of the molecule is CCOC(=O)C1=C(C)N=c2s/c(=C/c3cc(C)n(-c4sc(C)c(C)c4C#N)c3C)c(=O)n2[C@@H]1c1cc(OC)c(OC)cc1Br. The molecule has 0 bridgehead atoms. The Morgan fingerprint density at radius 1 is 1.11 bits per heavy atom. The third-order valence-electron chi connectivity index (χ3n) is 7.75. The lowest BCUT2D eigenvalue weighted by Gasteiger charge is -2.26. The molecule has 0 saturated carbocycles. The number of carbonyl (C=O) groups excluding carboxylic acids is 1.